The summed E-state index contributed by atoms with van der Waals surface area (Å²) in [5, 5.41) is 11.2. The minimum atomic E-state index is -0.832. The van der Waals surface area contributed by atoms with E-state index in [1.165, 1.54) is 16.8 Å². The van der Waals surface area contributed by atoms with Gasteiger partial charge in [0.1, 0.15) is 23.4 Å². The minimum absolute atomic E-state index is 0.210. The van der Waals surface area contributed by atoms with Gasteiger partial charge < -0.3 is 4.98 Å². The molecule has 27 heavy (non-hydrogen) atoms. The molecule has 0 saturated heterocycles. The Labute approximate surface area is 161 Å². The summed E-state index contributed by atoms with van der Waals surface area (Å²) in [6.07, 6.45) is 1.81. The van der Waals surface area contributed by atoms with Crippen molar-refractivity contribution in [2.45, 2.75) is 19.4 Å². The van der Waals surface area contributed by atoms with E-state index in [1.54, 1.807) is 31.3 Å². The van der Waals surface area contributed by atoms with Crippen molar-refractivity contribution in [2.75, 3.05) is 0 Å². The lowest BCUT2D eigenvalue weighted by atomic mass is 10.1. The molecule has 1 aromatic carbocycles. The van der Waals surface area contributed by atoms with E-state index in [4.69, 9.17) is 0 Å². The molecule has 0 saturated carbocycles. The van der Waals surface area contributed by atoms with Gasteiger partial charge in [-0.1, -0.05) is 12.1 Å². The van der Waals surface area contributed by atoms with Crippen LogP contribution in [0.5, 0.6) is 0 Å². The molecule has 2 aromatic heterocycles. The van der Waals surface area contributed by atoms with E-state index in [0.29, 0.717) is 15.9 Å². The molecule has 0 fully saturated rings. The number of nitrogens with one attached hydrogen (secondary N) is 3. The highest BCUT2D eigenvalue weighted by molar-refractivity contribution is 9.10. The number of rotatable bonds is 5. The van der Waals surface area contributed by atoms with E-state index >= 15 is 0 Å². The topological polar surface area (TPSA) is 118 Å². The summed E-state index contributed by atoms with van der Waals surface area (Å²) in [4.78, 5) is 27.5. The van der Waals surface area contributed by atoms with Crippen LogP contribution in [0.3, 0.4) is 0 Å². The lowest BCUT2D eigenvalue weighted by Gasteiger charge is -2.17. The summed E-state index contributed by atoms with van der Waals surface area (Å²) >= 11 is 3.23. The van der Waals surface area contributed by atoms with Crippen molar-refractivity contribution in [1.29, 1.82) is 0 Å². The second kappa shape index (κ2) is 8.08. The van der Waals surface area contributed by atoms with Gasteiger partial charge in [-0.25, -0.2) is 9.07 Å². The average Bonchev–Trinajstić information content (AvgIpc) is 3.27. The molecule has 3 N–H and O–H groups in total. The number of aromatic amines is 1. The van der Waals surface area contributed by atoms with Crippen molar-refractivity contribution in [3.63, 3.8) is 0 Å². The number of hydrogen-bond donors (Lipinski definition) is 3. The first-order valence-corrected chi connectivity index (χ1v) is 8.66. The maximum absolute atomic E-state index is 13.1. The number of carbonyl (C=O) groups excluding carboxylic acids is 2. The molecule has 0 aliphatic carbocycles. The molecule has 0 aliphatic heterocycles. The molecule has 2 amide bonds. The molecule has 140 valence electrons. The van der Waals surface area contributed by atoms with Crippen molar-refractivity contribution in [3.05, 3.63) is 63.9 Å². The molecule has 1 unspecified atom stereocenters. The number of hydrazine groups is 1. The predicted octanol–water partition coefficient (Wildman–Crippen LogP) is 1.46. The molecule has 2 heterocycles. The Hall–Kier alpha value is -3.08. The third-order valence-electron chi connectivity index (χ3n) is 3.79. The van der Waals surface area contributed by atoms with Crippen LogP contribution in [0.15, 0.2) is 41.0 Å². The molecule has 9 nitrogen and oxygen atoms in total. The van der Waals surface area contributed by atoms with E-state index in [9.17, 15) is 14.0 Å². The van der Waals surface area contributed by atoms with E-state index in [1.807, 2.05) is 0 Å². The second-order valence-corrected chi connectivity index (χ2v) is 6.61. The van der Waals surface area contributed by atoms with Crippen LogP contribution >= 0.6 is 15.9 Å². The number of benzene rings is 1. The van der Waals surface area contributed by atoms with Gasteiger partial charge in [-0.2, -0.15) is 0 Å². The molecule has 3 aromatic rings. The Balaban J connectivity index is 1.73. The summed E-state index contributed by atoms with van der Waals surface area (Å²) in [5.74, 6) is -0.976. The van der Waals surface area contributed by atoms with Crippen molar-refractivity contribution in [1.82, 2.24) is 36.0 Å². The lowest BCUT2D eigenvalue weighted by molar-refractivity contribution is -0.125. The maximum atomic E-state index is 13.1. The first kappa shape index (κ1) is 18.7. The number of tetrazole rings is 1. The number of nitrogens with zero attached hydrogens (tertiary/aromatic N) is 4. The molecule has 0 bridgehead atoms. The smallest absolute Gasteiger partial charge is 0.286 e. The fourth-order valence-electron chi connectivity index (χ4n) is 2.43. The van der Waals surface area contributed by atoms with Gasteiger partial charge in [-0.15, -0.1) is 5.10 Å². The van der Waals surface area contributed by atoms with Crippen LogP contribution < -0.4 is 10.9 Å². The summed E-state index contributed by atoms with van der Waals surface area (Å²) < 4.78 is 15.2. The Morgan fingerprint density at radius 1 is 1.30 bits per heavy atom. The van der Waals surface area contributed by atoms with Crippen molar-refractivity contribution < 1.29 is 14.0 Å². The fraction of sp³-hybridized carbons (Fsp3) is 0.188. The number of aryl methyl sites for hydroxylation is 1. The van der Waals surface area contributed by atoms with Gasteiger partial charge in [0, 0.05) is 17.1 Å². The maximum Gasteiger partial charge on any atom is 0.286 e. The zero-order chi connectivity index (χ0) is 19.4. The highest BCUT2D eigenvalue weighted by Gasteiger charge is 2.25. The van der Waals surface area contributed by atoms with Crippen molar-refractivity contribution in [2.24, 2.45) is 0 Å². The van der Waals surface area contributed by atoms with Gasteiger partial charge in [0.25, 0.3) is 11.8 Å². The fourth-order valence-corrected chi connectivity index (χ4v) is 2.77. The van der Waals surface area contributed by atoms with Crippen LogP contribution in [0.1, 0.15) is 27.9 Å². The average molecular weight is 436 g/mol. The monoisotopic (exact) mass is 435 g/mol. The molecule has 3 rings (SSSR count). The van der Waals surface area contributed by atoms with Crippen molar-refractivity contribution >= 4 is 27.7 Å². The third kappa shape index (κ3) is 4.56. The number of carbonyl (C=O) groups is 2. The van der Waals surface area contributed by atoms with Crippen LogP contribution in [0.25, 0.3) is 0 Å². The number of aromatic nitrogens is 5. The first-order chi connectivity index (χ1) is 12.9. The molecule has 11 heteroatoms. The highest BCUT2D eigenvalue weighted by atomic mass is 79.9. The summed E-state index contributed by atoms with van der Waals surface area (Å²) in [6.45, 7) is 1.65. The number of hydrogen-bond acceptors (Lipinski definition) is 5. The van der Waals surface area contributed by atoms with Crippen LogP contribution in [0.4, 0.5) is 4.39 Å². The summed E-state index contributed by atoms with van der Waals surface area (Å²) in [5.41, 5.74) is 5.70. The van der Waals surface area contributed by atoms with Crippen LogP contribution in [-0.4, -0.2) is 37.0 Å². The third-order valence-corrected chi connectivity index (χ3v) is 4.25. The zero-order valence-corrected chi connectivity index (χ0v) is 15.7. The van der Waals surface area contributed by atoms with Crippen LogP contribution in [0, 0.1) is 12.7 Å². The number of amides is 2. The normalized spacial score (nSPS) is 11.8. The second-order valence-electron chi connectivity index (χ2n) is 5.69. The van der Waals surface area contributed by atoms with Gasteiger partial charge in [0.2, 0.25) is 0 Å². The number of halogens is 2. The Kier molecular flexibility index (Phi) is 5.60. The quantitative estimate of drug-likeness (QED) is 0.524. The van der Waals surface area contributed by atoms with Gasteiger partial charge in [-0.3, -0.25) is 20.4 Å². The van der Waals surface area contributed by atoms with Gasteiger partial charge >= 0.3 is 0 Å². The molecule has 0 spiro atoms. The van der Waals surface area contributed by atoms with Crippen LogP contribution in [0.2, 0.25) is 0 Å². The Morgan fingerprint density at radius 3 is 2.63 bits per heavy atom. The zero-order valence-electron chi connectivity index (χ0n) is 14.1. The lowest BCUT2D eigenvalue weighted by Crippen LogP contribution is -2.46. The number of H-pyrrole nitrogens is 1. The van der Waals surface area contributed by atoms with E-state index in [2.05, 4.69) is 47.3 Å². The van der Waals surface area contributed by atoms with E-state index in [0.717, 1.165) is 0 Å². The van der Waals surface area contributed by atoms with Gasteiger partial charge in [0.15, 0.2) is 0 Å². The summed E-state index contributed by atoms with van der Waals surface area (Å²) in [7, 11) is 0. The Morgan fingerprint density at radius 2 is 2.04 bits per heavy atom. The molecule has 0 aliphatic rings. The predicted molar refractivity (Wildman–Crippen MR) is 95.8 cm³/mol. The van der Waals surface area contributed by atoms with E-state index < -0.39 is 17.9 Å². The van der Waals surface area contributed by atoms with Gasteiger partial charge in [-0.05, 0) is 57.0 Å². The molecular formula is C16H15BrFN7O2. The Bertz CT molecular complexity index is 954. The van der Waals surface area contributed by atoms with Gasteiger partial charge in [0.05, 0.1) is 0 Å². The largest absolute Gasteiger partial charge is 0.356 e. The van der Waals surface area contributed by atoms with E-state index in [-0.39, 0.29) is 17.9 Å². The molecular weight excluding hydrogens is 421 g/mol. The first-order valence-electron chi connectivity index (χ1n) is 7.87. The SMILES string of the molecule is Cc1nnnn1C(Cc1ccc(F)cc1)C(=O)NNC(=O)c1cc(Br)c[nH]1. The standard InChI is InChI=1S/C16H15BrFN7O2/c1-9-20-23-24-25(9)14(6-10-2-4-12(18)5-3-10)16(27)22-21-15(26)13-7-11(17)8-19-13/h2-5,7-8,14,19H,6H2,1H3,(H,21,26)(H,22,27). The van der Waals surface area contributed by atoms with Crippen molar-refractivity contribution in [3.8, 4) is 0 Å². The molecule has 0 radical (unpaired) electrons. The molecule has 1 atom stereocenters. The minimum Gasteiger partial charge on any atom is -0.356 e. The summed E-state index contributed by atoms with van der Waals surface area (Å²) in [6, 6.07) is 6.50. The van der Waals surface area contributed by atoms with Crippen LogP contribution in [-0.2, 0) is 11.2 Å². The highest BCUT2D eigenvalue weighted by Crippen LogP contribution is 2.15.